The van der Waals surface area contributed by atoms with E-state index in [1.54, 1.807) is 24.4 Å². The number of aromatic nitrogens is 2. The molecule has 0 aliphatic rings. The average molecular weight is 387 g/mol. The fourth-order valence-corrected chi connectivity index (χ4v) is 2.49. The largest absolute Gasteiger partial charge is 0.366 e. The van der Waals surface area contributed by atoms with Crippen LogP contribution >= 0.6 is 15.9 Å². The molecule has 2 aromatic carbocycles. The Labute approximate surface area is 148 Å². The molecule has 0 aliphatic carbocycles. The minimum absolute atomic E-state index is 0.239. The lowest BCUT2D eigenvalue weighted by molar-refractivity contribution is 0.627. The van der Waals surface area contributed by atoms with E-state index in [2.05, 4.69) is 36.5 Å². The number of anilines is 3. The van der Waals surface area contributed by atoms with Crippen molar-refractivity contribution in [2.24, 2.45) is 0 Å². The first-order valence-corrected chi connectivity index (χ1v) is 8.24. The van der Waals surface area contributed by atoms with Crippen molar-refractivity contribution in [2.45, 2.75) is 13.5 Å². The SMILES string of the molecule is Cc1ccc(Nc2nccc(NCc3ccc(F)cc3)n2)cc1Br. The second kappa shape index (κ2) is 7.40. The van der Waals surface area contributed by atoms with E-state index in [1.807, 2.05) is 25.1 Å². The Morgan fingerprint density at radius 3 is 2.62 bits per heavy atom. The van der Waals surface area contributed by atoms with Gasteiger partial charge < -0.3 is 10.6 Å². The molecule has 122 valence electrons. The molecule has 0 bridgehead atoms. The molecule has 0 unspecified atom stereocenters. The molecule has 1 aromatic heterocycles. The second-order valence-corrected chi connectivity index (χ2v) is 6.19. The van der Waals surface area contributed by atoms with E-state index < -0.39 is 0 Å². The van der Waals surface area contributed by atoms with E-state index in [9.17, 15) is 4.39 Å². The van der Waals surface area contributed by atoms with Crippen molar-refractivity contribution < 1.29 is 4.39 Å². The Morgan fingerprint density at radius 2 is 1.88 bits per heavy atom. The van der Waals surface area contributed by atoms with Crippen LogP contribution in [-0.4, -0.2) is 9.97 Å². The number of hydrogen-bond donors (Lipinski definition) is 2. The molecule has 3 aromatic rings. The van der Waals surface area contributed by atoms with E-state index in [1.165, 1.54) is 12.1 Å². The molecule has 0 aliphatic heterocycles. The first-order chi connectivity index (χ1) is 11.6. The Morgan fingerprint density at radius 1 is 1.08 bits per heavy atom. The summed E-state index contributed by atoms with van der Waals surface area (Å²) >= 11 is 3.51. The number of rotatable bonds is 5. The van der Waals surface area contributed by atoms with Gasteiger partial charge in [-0.25, -0.2) is 9.37 Å². The highest BCUT2D eigenvalue weighted by atomic mass is 79.9. The second-order valence-electron chi connectivity index (χ2n) is 5.33. The van der Waals surface area contributed by atoms with Gasteiger partial charge in [-0.2, -0.15) is 4.98 Å². The summed E-state index contributed by atoms with van der Waals surface area (Å²) in [6, 6.07) is 14.1. The fraction of sp³-hybridized carbons (Fsp3) is 0.111. The van der Waals surface area contributed by atoms with E-state index in [-0.39, 0.29) is 5.82 Å². The lowest BCUT2D eigenvalue weighted by Gasteiger charge is -2.09. The predicted molar refractivity (Wildman–Crippen MR) is 97.9 cm³/mol. The number of halogens is 2. The number of hydrogen-bond acceptors (Lipinski definition) is 4. The Hall–Kier alpha value is -2.47. The molecule has 0 spiro atoms. The van der Waals surface area contributed by atoms with E-state index in [4.69, 9.17) is 0 Å². The van der Waals surface area contributed by atoms with Crippen molar-refractivity contribution in [3.05, 3.63) is 76.1 Å². The standard InChI is InChI=1S/C18H16BrFN4/c1-12-2-7-15(10-16(12)19)23-18-21-9-8-17(24-18)22-11-13-3-5-14(20)6-4-13/h2-10H,11H2,1H3,(H2,21,22,23,24). The van der Waals surface area contributed by atoms with E-state index in [0.29, 0.717) is 18.3 Å². The molecule has 0 amide bonds. The maximum Gasteiger partial charge on any atom is 0.229 e. The Kier molecular flexibility index (Phi) is 5.05. The number of nitrogens with one attached hydrogen (secondary N) is 2. The molecule has 0 saturated heterocycles. The molecular weight excluding hydrogens is 371 g/mol. The molecule has 2 N–H and O–H groups in total. The quantitative estimate of drug-likeness (QED) is 0.644. The lowest BCUT2D eigenvalue weighted by atomic mass is 10.2. The van der Waals surface area contributed by atoms with Gasteiger partial charge in [-0.3, -0.25) is 0 Å². The molecular formula is C18H16BrFN4. The zero-order chi connectivity index (χ0) is 16.9. The van der Waals surface area contributed by atoms with Gasteiger partial charge in [0.25, 0.3) is 0 Å². The van der Waals surface area contributed by atoms with Crippen LogP contribution in [0.2, 0.25) is 0 Å². The van der Waals surface area contributed by atoms with Gasteiger partial charge in [0.15, 0.2) is 0 Å². The summed E-state index contributed by atoms with van der Waals surface area (Å²) in [4.78, 5) is 8.66. The van der Waals surface area contributed by atoms with Gasteiger partial charge >= 0.3 is 0 Å². The van der Waals surface area contributed by atoms with Gasteiger partial charge in [0.05, 0.1) is 0 Å². The van der Waals surface area contributed by atoms with Crippen LogP contribution in [-0.2, 0) is 6.54 Å². The summed E-state index contributed by atoms with van der Waals surface area (Å²) in [7, 11) is 0. The van der Waals surface area contributed by atoms with Crippen molar-refractivity contribution in [2.75, 3.05) is 10.6 Å². The van der Waals surface area contributed by atoms with E-state index in [0.717, 1.165) is 21.3 Å². The van der Waals surface area contributed by atoms with Crippen molar-refractivity contribution in [1.29, 1.82) is 0 Å². The van der Waals surface area contributed by atoms with Gasteiger partial charge in [-0.15, -0.1) is 0 Å². The zero-order valence-corrected chi connectivity index (χ0v) is 14.6. The minimum atomic E-state index is -0.239. The smallest absolute Gasteiger partial charge is 0.229 e. The molecule has 6 heteroatoms. The normalized spacial score (nSPS) is 10.5. The number of nitrogens with zero attached hydrogens (tertiary/aromatic N) is 2. The highest BCUT2D eigenvalue weighted by Crippen LogP contribution is 2.22. The zero-order valence-electron chi connectivity index (χ0n) is 13.1. The van der Waals surface area contributed by atoms with Crippen LogP contribution in [0.5, 0.6) is 0 Å². The third-order valence-corrected chi connectivity index (χ3v) is 4.32. The van der Waals surface area contributed by atoms with Crippen molar-refractivity contribution >= 4 is 33.4 Å². The third-order valence-electron chi connectivity index (χ3n) is 3.47. The highest BCUT2D eigenvalue weighted by Gasteiger charge is 2.02. The topological polar surface area (TPSA) is 49.8 Å². The molecule has 3 rings (SSSR count). The highest BCUT2D eigenvalue weighted by molar-refractivity contribution is 9.10. The van der Waals surface area contributed by atoms with Gasteiger partial charge in [-0.1, -0.05) is 34.1 Å². The van der Waals surface area contributed by atoms with Crippen LogP contribution < -0.4 is 10.6 Å². The number of benzene rings is 2. The summed E-state index contributed by atoms with van der Waals surface area (Å²) in [5.74, 6) is 0.967. The summed E-state index contributed by atoms with van der Waals surface area (Å²) in [6.07, 6.45) is 1.69. The van der Waals surface area contributed by atoms with Gasteiger partial charge in [0.1, 0.15) is 11.6 Å². The maximum atomic E-state index is 12.9. The summed E-state index contributed by atoms with van der Waals surface area (Å²) in [5.41, 5.74) is 3.05. The molecule has 1 heterocycles. The molecule has 24 heavy (non-hydrogen) atoms. The van der Waals surface area contributed by atoms with E-state index >= 15 is 0 Å². The minimum Gasteiger partial charge on any atom is -0.366 e. The monoisotopic (exact) mass is 386 g/mol. The van der Waals surface area contributed by atoms with Crippen LogP contribution in [0.3, 0.4) is 0 Å². The van der Waals surface area contributed by atoms with Crippen molar-refractivity contribution in [3.63, 3.8) is 0 Å². The Balaban J connectivity index is 1.67. The van der Waals surface area contributed by atoms with Crippen molar-refractivity contribution in [1.82, 2.24) is 9.97 Å². The Bertz CT molecular complexity index is 837. The van der Waals surface area contributed by atoms with Crippen LogP contribution in [0.1, 0.15) is 11.1 Å². The third kappa shape index (κ3) is 4.29. The van der Waals surface area contributed by atoms with Crippen molar-refractivity contribution in [3.8, 4) is 0 Å². The van der Waals surface area contributed by atoms with Gasteiger partial charge in [0, 0.05) is 22.9 Å². The maximum absolute atomic E-state index is 12.9. The summed E-state index contributed by atoms with van der Waals surface area (Å²) in [5, 5.41) is 6.38. The van der Waals surface area contributed by atoms with Crippen LogP contribution in [0.25, 0.3) is 0 Å². The summed E-state index contributed by atoms with van der Waals surface area (Å²) in [6.45, 7) is 2.59. The first-order valence-electron chi connectivity index (χ1n) is 7.45. The predicted octanol–water partition coefficient (Wildman–Crippen LogP) is 5.04. The van der Waals surface area contributed by atoms with Crippen LogP contribution in [0, 0.1) is 12.7 Å². The fourth-order valence-electron chi connectivity index (χ4n) is 2.11. The molecule has 0 radical (unpaired) electrons. The number of aryl methyl sites for hydroxylation is 1. The molecule has 0 atom stereocenters. The molecule has 0 saturated carbocycles. The summed E-state index contributed by atoms with van der Waals surface area (Å²) < 4.78 is 13.9. The molecule has 4 nitrogen and oxygen atoms in total. The first kappa shape index (κ1) is 16.4. The average Bonchev–Trinajstić information content (AvgIpc) is 2.58. The lowest BCUT2D eigenvalue weighted by Crippen LogP contribution is -2.04. The van der Waals surface area contributed by atoms with Crippen LogP contribution in [0.4, 0.5) is 21.8 Å². The van der Waals surface area contributed by atoms with Gasteiger partial charge in [0.2, 0.25) is 5.95 Å². The molecule has 0 fully saturated rings. The van der Waals surface area contributed by atoms with Gasteiger partial charge in [-0.05, 0) is 48.4 Å². The van der Waals surface area contributed by atoms with Crippen LogP contribution in [0.15, 0.2) is 59.2 Å².